The second-order valence-electron chi connectivity index (χ2n) is 6.35. The van der Waals surface area contributed by atoms with E-state index in [1.165, 1.54) is 19.3 Å². The number of hydrogen-bond donors (Lipinski definition) is 1. The maximum absolute atomic E-state index is 12.2. The van der Waals surface area contributed by atoms with Crippen LogP contribution in [-0.2, 0) is 14.3 Å². The number of carboxylic acid groups (broad SMARTS) is 1. The van der Waals surface area contributed by atoms with E-state index in [0.29, 0.717) is 6.54 Å². The van der Waals surface area contributed by atoms with Crippen molar-refractivity contribution >= 4 is 11.9 Å². The molecule has 1 amide bonds. The maximum Gasteiger partial charge on any atom is 0.303 e. The standard InChI is InChI=1S/C16H27NO4/c18-15(12-21-14-6-2-1-3-7-14)17-9-4-5-13(8-10-17)11-16(19)20/h13-14H,1-12H2,(H,19,20). The lowest BCUT2D eigenvalue weighted by Gasteiger charge is -2.25. The molecule has 1 saturated heterocycles. The van der Waals surface area contributed by atoms with Gasteiger partial charge in [0.05, 0.1) is 6.10 Å². The van der Waals surface area contributed by atoms with Gasteiger partial charge in [0.25, 0.3) is 0 Å². The van der Waals surface area contributed by atoms with Gasteiger partial charge in [0.2, 0.25) is 5.91 Å². The van der Waals surface area contributed by atoms with Gasteiger partial charge in [0, 0.05) is 19.5 Å². The van der Waals surface area contributed by atoms with Crippen molar-refractivity contribution in [2.24, 2.45) is 5.92 Å². The zero-order chi connectivity index (χ0) is 15.1. The minimum absolute atomic E-state index is 0.0662. The van der Waals surface area contributed by atoms with Gasteiger partial charge >= 0.3 is 5.97 Å². The fourth-order valence-corrected chi connectivity index (χ4v) is 3.38. The van der Waals surface area contributed by atoms with Crippen molar-refractivity contribution in [2.45, 2.75) is 63.9 Å². The summed E-state index contributed by atoms with van der Waals surface area (Å²) in [5.74, 6) is -0.462. The Morgan fingerprint density at radius 1 is 1.00 bits per heavy atom. The fourth-order valence-electron chi connectivity index (χ4n) is 3.38. The zero-order valence-electron chi connectivity index (χ0n) is 12.8. The van der Waals surface area contributed by atoms with Gasteiger partial charge < -0.3 is 14.7 Å². The van der Waals surface area contributed by atoms with Crippen molar-refractivity contribution in [1.29, 1.82) is 0 Å². The molecule has 0 aromatic heterocycles. The van der Waals surface area contributed by atoms with E-state index in [2.05, 4.69) is 0 Å². The first kappa shape index (κ1) is 16.3. The van der Waals surface area contributed by atoms with Crippen LogP contribution in [0.5, 0.6) is 0 Å². The number of rotatable bonds is 5. The molecule has 1 aliphatic carbocycles. The summed E-state index contributed by atoms with van der Waals surface area (Å²) in [6.45, 7) is 1.60. The minimum Gasteiger partial charge on any atom is -0.481 e. The van der Waals surface area contributed by atoms with Crippen molar-refractivity contribution in [3.8, 4) is 0 Å². The van der Waals surface area contributed by atoms with Gasteiger partial charge in [-0.3, -0.25) is 9.59 Å². The van der Waals surface area contributed by atoms with E-state index in [4.69, 9.17) is 9.84 Å². The number of carbonyl (C=O) groups is 2. The maximum atomic E-state index is 12.2. The summed E-state index contributed by atoms with van der Waals surface area (Å²) in [5.41, 5.74) is 0. The second kappa shape index (κ2) is 8.37. The normalized spacial score (nSPS) is 24.6. The van der Waals surface area contributed by atoms with E-state index in [-0.39, 0.29) is 31.0 Å². The molecule has 5 nitrogen and oxygen atoms in total. The Balaban J connectivity index is 1.70. The molecule has 120 valence electrons. The number of ether oxygens (including phenoxy) is 1. The highest BCUT2D eigenvalue weighted by atomic mass is 16.5. The highest BCUT2D eigenvalue weighted by Crippen LogP contribution is 2.22. The third kappa shape index (κ3) is 5.65. The Morgan fingerprint density at radius 3 is 2.48 bits per heavy atom. The molecule has 21 heavy (non-hydrogen) atoms. The monoisotopic (exact) mass is 297 g/mol. The second-order valence-corrected chi connectivity index (χ2v) is 6.35. The predicted molar refractivity (Wildman–Crippen MR) is 79.0 cm³/mol. The largest absolute Gasteiger partial charge is 0.481 e. The van der Waals surface area contributed by atoms with Gasteiger partial charge in [-0.2, -0.15) is 0 Å². The summed E-state index contributed by atoms with van der Waals surface area (Å²) in [7, 11) is 0. The third-order valence-corrected chi connectivity index (χ3v) is 4.66. The third-order valence-electron chi connectivity index (χ3n) is 4.66. The van der Waals surface area contributed by atoms with Gasteiger partial charge in [0.15, 0.2) is 0 Å². The molecule has 0 spiro atoms. The first-order chi connectivity index (χ1) is 10.1. The van der Waals surface area contributed by atoms with Crippen molar-refractivity contribution < 1.29 is 19.4 Å². The number of carbonyl (C=O) groups excluding carboxylic acids is 1. The average Bonchev–Trinajstić information content (AvgIpc) is 2.71. The fraction of sp³-hybridized carbons (Fsp3) is 0.875. The van der Waals surface area contributed by atoms with Crippen LogP contribution in [0.2, 0.25) is 0 Å². The Bertz CT molecular complexity index is 352. The highest BCUT2D eigenvalue weighted by molar-refractivity contribution is 5.77. The van der Waals surface area contributed by atoms with Crippen molar-refractivity contribution in [3.05, 3.63) is 0 Å². The Labute approximate surface area is 126 Å². The number of carboxylic acids is 1. The summed E-state index contributed by atoms with van der Waals surface area (Å²) in [5, 5.41) is 8.86. The molecule has 2 aliphatic rings. The molecule has 1 atom stereocenters. The number of hydrogen-bond acceptors (Lipinski definition) is 3. The van der Waals surface area contributed by atoms with Gasteiger partial charge in [-0.1, -0.05) is 19.3 Å². The van der Waals surface area contributed by atoms with Gasteiger partial charge in [-0.25, -0.2) is 0 Å². The number of aliphatic carboxylic acids is 1. The number of likely N-dealkylation sites (tertiary alicyclic amines) is 1. The van der Waals surface area contributed by atoms with Crippen LogP contribution in [0.1, 0.15) is 57.8 Å². The topological polar surface area (TPSA) is 66.8 Å². The lowest BCUT2D eigenvalue weighted by molar-refractivity contribution is -0.138. The van der Waals surface area contributed by atoms with Crippen LogP contribution in [0, 0.1) is 5.92 Å². The summed E-state index contributed by atoms with van der Waals surface area (Å²) in [6, 6.07) is 0. The molecule has 0 aromatic rings. The molecular weight excluding hydrogens is 270 g/mol. The number of nitrogens with zero attached hydrogens (tertiary/aromatic N) is 1. The Hall–Kier alpha value is -1.10. The zero-order valence-corrected chi connectivity index (χ0v) is 12.8. The van der Waals surface area contributed by atoms with Crippen molar-refractivity contribution in [1.82, 2.24) is 4.90 Å². The van der Waals surface area contributed by atoms with Crippen molar-refractivity contribution in [3.63, 3.8) is 0 Å². The lowest BCUT2D eigenvalue weighted by atomic mass is 9.97. The van der Waals surface area contributed by atoms with Crippen LogP contribution in [0.25, 0.3) is 0 Å². The van der Waals surface area contributed by atoms with E-state index in [1.54, 1.807) is 0 Å². The van der Waals surface area contributed by atoms with Crippen LogP contribution in [0.4, 0.5) is 0 Å². The first-order valence-corrected chi connectivity index (χ1v) is 8.26. The molecular formula is C16H27NO4. The van der Waals surface area contributed by atoms with Gasteiger partial charge in [0.1, 0.15) is 6.61 Å². The van der Waals surface area contributed by atoms with E-state index < -0.39 is 5.97 Å². The molecule has 1 aliphatic heterocycles. The quantitative estimate of drug-likeness (QED) is 0.846. The van der Waals surface area contributed by atoms with Gasteiger partial charge in [-0.15, -0.1) is 0 Å². The van der Waals surface area contributed by atoms with E-state index in [0.717, 1.165) is 38.6 Å². The van der Waals surface area contributed by atoms with Crippen LogP contribution < -0.4 is 0 Å². The summed E-state index contributed by atoms with van der Waals surface area (Å²) < 4.78 is 5.74. The van der Waals surface area contributed by atoms with E-state index >= 15 is 0 Å². The summed E-state index contributed by atoms with van der Waals surface area (Å²) in [6.07, 6.45) is 8.93. The number of amides is 1. The van der Waals surface area contributed by atoms with Crippen LogP contribution in [-0.4, -0.2) is 47.7 Å². The molecule has 1 N–H and O–H groups in total. The molecule has 1 saturated carbocycles. The molecule has 2 fully saturated rings. The minimum atomic E-state index is -0.736. The molecule has 2 rings (SSSR count). The molecule has 5 heteroatoms. The van der Waals surface area contributed by atoms with E-state index in [9.17, 15) is 9.59 Å². The highest BCUT2D eigenvalue weighted by Gasteiger charge is 2.23. The predicted octanol–water partition coefficient (Wildman–Crippen LogP) is 2.44. The van der Waals surface area contributed by atoms with Crippen LogP contribution >= 0.6 is 0 Å². The molecule has 0 bridgehead atoms. The Kier molecular flexibility index (Phi) is 6.49. The summed E-state index contributed by atoms with van der Waals surface area (Å²) >= 11 is 0. The summed E-state index contributed by atoms with van der Waals surface area (Å²) in [4.78, 5) is 24.8. The van der Waals surface area contributed by atoms with E-state index in [1.807, 2.05) is 4.90 Å². The molecule has 0 aromatic carbocycles. The van der Waals surface area contributed by atoms with Gasteiger partial charge in [-0.05, 0) is 38.0 Å². The Morgan fingerprint density at radius 2 is 1.76 bits per heavy atom. The molecule has 0 radical (unpaired) electrons. The smallest absolute Gasteiger partial charge is 0.303 e. The van der Waals surface area contributed by atoms with Crippen molar-refractivity contribution in [2.75, 3.05) is 19.7 Å². The molecule has 1 unspecified atom stereocenters. The molecule has 1 heterocycles. The average molecular weight is 297 g/mol. The van der Waals surface area contributed by atoms with Crippen LogP contribution in [0.3, 0.4) is 0 Å². The van der Waals surface area contributed by atoms with Crippen LogP contribution in [0.15, 0.2) is 0 Å². The lowest BCUT2D eigenvalue weighted by Crippen LogP contribution is -2.36. The first-order valence-electron chi connectivity index (χ1n) is 8.26. The SMILES string of the molecule is O=C(O)CC1CCCN(C(=O)COC2CCCCC2)CC1.